The minimum absolute atomic E-state index is 0.0488. The minimum Gasteiger partial charge on any atom is -0.375 e. The molecule has 0 spiro atoms. The van der Waals surface area contributed by atoms with Gasteiger partial charge in [0.25, 0.3) is 0 Å². The second-order valence-corrected chi connectivity index (χ2v) is 5.17. The lowest BCUT2D eigenvalue weighted by atomic mass is 9.93. The van der Waals surface area contributed by atoms with Gasteiger partial charge in [-0.15, -0.1) is 11.6 Å². The van der Waals surface area contributed by atoms with Crippen molar-refractivity contribution in [2.24, 2.45) is 5.92 Å². The number of halogens is 1. The molecule has 0 radical (unpaired) electrons. The SMILES string of the molecule is CC(CCl)C(=O)NC1CCOC(C)(C)C1. The summed E-state index contributed by atoms with van der Waals surface area (Å²) in [5.41, 5.74) is -0.125. The molecule has 0 bridgehead atoms. The zero-order valence-corrected chi connectivity index (χ0v) is 10.4. The number of ether oxygens (including phenoxy) is 1. The van der Waals surface area contributed by atoms with E-state index in [1.807, 2.05) is 6.92 Å². The number of alkyl halides is 1. The van der Waals surface area contributed by atoms with Gasteiger partial charge >= 0.3 is 0 Å². The van der Waals surface area contributed by atoms with Crippen LogP contribution in [0.5, 0.6) is 0 Å². The fourth-order valence-electron chi connectivity index (χ4n) is 1.77. The van der Waals surface area contributed by atoms with E-state index in [1.54, 1.807) is 0 Å². The van der Waals surface area contributed by atoms with E-state index in [0.717, 1.165) is 12.8 Å². The van der Waals surface area contributed by atoms with Crippen LogP contribution in [0.3, 0.4) is 0 Å². The van der Waals surface area contributed by atoms with Crippen molar-refractivity contribution in [3.63, 3.8) is 0 Å². The van der Waals surface area contributed by atoms with Gasteiger partial charge in [0.1, 0.15) is 0 Å². The Morgan fingerprint density at radius 3 is 2.87 bits per heavy atom. The van der Waals surface area contributed by atoms with E-state index in [4.69, 9.17) is 16.3 Å². The molecule has 1 rings (SSSR count). The van der Waals surface area contributed by atoms with Gasteiger partial charge in [0.2, 0.25) is 5.91 Å². The van der Waals surface area contributed by atoms with Crippen molar-refractivity contribution in [1.29, 1.82) is 0 Å². The van der Waals surface area contributed by atoms with Crippen LogP contribution in [0.2, 0.25) is 0 Å². The van der Waals surface area contributed by atoms with Crippen LogP contribution in [0.25, 0.3) is 0 Å². The van der Waals surface area contributed by atoms with Crippen LogP contribution < -0.4 is 5.32 Å². The second kappa shape index (κ2) is 5.17. The van der Waals surface area contributed by atoms with Crippen LogP contribution in [0.1, 0.15) is 33.6 Å². The summed E-state index contributed by atoms with van der Waals surface area (Å²) in [6, 6.07) is 0.229. The van der Waals surface area contributed by atoms with Crippen LogP contribution >= 0.6 is 11.6 Å². The van der Waals surface area contributed by atoms with Crippen molar-refractivity contribution in [2.75, 3.05) is 12.5 Å². The number of rotatable bonds is 3. The number of amides is 1. The highest BCUT2D eigenvalue weighted by molar-refractivity contribution is 6.19. The van der Waals surface area contributed by atoms with Gasteiger partial charge in [-0.3, -0.25) is 4.79 Å². The average molecular weight is 234 g/mol. The van der Waals surface area contributed by atoms with Crippen molar-refractivity contribution in [1.82, 2.24) is 5.32 Å². The molecule has 1 N–H and O–H groups in total. The van der Waals surface area contributed by atoms with Gasteiger partial charge in [0.15, 0.2) is 0 Å². The highest BCUT2D eigenvalue weighted by Crippen LogP contribution is 2.24. The highest BCUT2D eigenvalue weighted by atomic mass is 35.5. The molecular weight excluding hydrogens is 214 g/mol. The zero-order valence-electron chi connectivity index (χ0n) is 9.68. The maximum absolute atomic E-state index is 11.6. The average Bonchev–Trinajstić information content (AvgIpc) is 2.14. The summed E-state index contributed by atoms with van der Waals surface area (Å²) in [7, 11) is 0. The molecule has 4 heteroatoms. The normalized spacial score (nSPS) is 27.1. The number of hydrogen-bond donors (Lipinski definition) is 1. The summed E-state index contributed by atoms with van der Waals surface area (Å²) in [6.45, 7) is 6.66. The van der Waals surface area contributed by atoms with Gasteiger partial charge in [0, 0.05) is 24.4 Å². The zero-order chi connectivity index (χ0) is 11.5. The molecule has 1 saturated heterocycles. The van der Waals surface area contributed by atoms with Gasteiger partial charge in [-0.05, 0) is 26.7 Å². The lowest BCUT2D eigenvalue weighted by molar-refractivity contribution is -0.126. The number of carbonyl (C=O) groups excluding carboxylic acids is 1. The molecule has 1 amide bonds. The number of carbonyl (C=O) groups is 1. The molecule has 1 aliphatic rings. The van der Waals surface area contributed by atoms with Crippen LogP contribution in [0.15, 0.2) is 0 Å². The topological polar surface area (TPSA) is 38.3 Å². The molecule has 88 valence electrons. The summed E-state index contributed by atoms with van der Waals surface area (Å²) in [6.07, 6.45) is 1.76. The third-order valence-electron chi connectivity index (χ3n) is 2.72. The molecule has 2 atom stereocenters. The van der Waals surface area contributed by atoms with E-state index in [0.29, 0.717) is 12.5 Å². The fraction of sp³-hybridized carbons (Fsp3) is 0.909. The maximum Gasteiger partial charge on any atom is 0.224 e. The Kier molecular flexibility index (Phi) is 4.41. The van der Waals surface area contributed by atoms with Crippen molar-refractivity contribution in [2.45, 2.75) is 45.3 Å². The Morgan fingerprint density at radius 2 is 2.33 bits per heavy atom. The first-order valence-corrected chi connectivity index (χ1v) is 5.98. The molecule has 1 fully saturated rings. The Labute approximate surface area is 96.5 Å². The molecular formula is C11H20ClNO2. The van der Waals surface area contributed by atoms with E-state index >= 15 is 0 Å². The van der Waals surface area contributed by atoms with Crippen LogP contribution in [-0.2, 0) is 9.53 Å². The molecule has 0 aliphatic carbocycles. The van der Waals surface area contributed by atoms with Crippen LogP contribution in [0.4, 0.5) is 0 Å². The Morgan fingerprint density at radius 1 is 1.67 bits per heavy atom. The first kappa shape index (κ1) is 12.8. The van der Waals surface area contributed by atoms with Gasteiger partial charge in [-0.1, -0.05) is 6.92 Å². The Bertz CT molecular complexity index is 231. The molecule has 1 heterocycles. The summed E-state index contributed by atoms with van der Waals surface area (Å²) < 4.78 is 5.59. The minimum atomic E-state index is -0.125. The van der Waals surface area contributed by atoms with Crippen molar-refractivity contribution >= 4 is 17.5 Å². The molecule has 0 saturated carbocycles. The Hall–Kier alpha value is -0.280. The van der Waals surface area contributed by atoms with E-state index in [1.165, 1.54) is 0 Å². The van der Waals surface area contributed by atoms with Crippen molar-refractivity contribution in [3.8, 4) is 0 Å². The van der Waals surface area contributed by atoms with Crippen LogP contribution in [0, 0.1) is 5.92 Å². The monoisotopic (exact) mass is 233 g/mol. The Balaban J connectivity index is 2.41. The molecule has 0 aromatic rings. The van der Waals surface area contributed by atoms with E-state index in [2.05, 4.69) is 19.2 Å². The molecule has 1 aliphatic heterocycles. The molecule has 2 unspecified atom stereocenters. The quantitative estimate of drug-likeness (QED) is 0.757. The van der Waals surface area contributed by atoms with Gasteiger partial charge in [-0.25, -0.2) is 0 Å². The number of hydrogen-bond acceptors (Lipinski definition) is 2. The smallest absolute Gasteiger partial charge is 0.224 e. The summed E-state index contributed by atoms with van der Waals surface area (Å²) in [4.78, 5) is 11.6. The predicted molar refractivity (Wildman–Crippen MR) is 61.1 cm³/mol. The first-order chi connectivity index (χ1) is 6.94. The summed E-state index contributed by atoms with van der Waals surface area (Å²) in [5, 5.41) is 3.02. The highest BCUT2D eigenvalue weighted by Gasteiger charge is 2.30. The third-order valence-corrected chi connectivity index (χ3v) is 3.19. The van der Waals surface area contributed by atoms with E-state index in [9.17, 15) is 4.79 Å². The number of nitrogens with one attached hydrogen (secondary N) is 1. The summed E-state index contributed by atoms with van der Waals surface area (Å²) in [5.74, 6) is 0.309. The first-order valence-electron chi connectivity index (χ1n) is 5.45. The second-order valence-electron chi connectivity index (χ2n) is 4.86. The van der Waals surface area contributed by atoms with E-state index < -0.39 is 0 Å². The fourth-order valence-corrected chi connectivity index (χ4v) is 1.91. The van der Waals surface area contributed by atoms with E-state index in [-0.39, 0.29) is 23.5 Å². The van der Waals surface area contributed by atoms with Gasteiger partial charge < -0.3 is 10.1 Å². The molecule has 0 aromatic heterocycles. The van der Waals surface area contributed by atoms with Crippen molar-refractivity contribution in [3.05, 3.63) is 0 Å². The molecule has 0 aromatic carbocycles. The maximum atomic E-state index is 11.6. The van der Waals surface area contributed by atoms with Crippen molar-refractivity contribution < 1.29 is 9.53 Å². The standard InChI is InChI=1S/C11H20ClNO2/c1-8(7-12)10(14)13-9-4-5-15-11(2,3)6-9/h8-9H,4-7H2,1-3H3,(H,13,14). The summed E-state index contributed by atoms with van der Waals surface area (Å²) >= 11 is 5.64. The third kappa shape index (κ3) is 3.99. The molecule has 3 nitrogen and oxygen atoms in total. The molecule has 15 heavy (non-hydrogen) atoms. The van der Waals surface area contributed by atoms with Gasteiger partial charge in [-0.2, -0.15) is 0 Å². The van der Waals surface area contributed by atoms with Gasteiger partial charge in [0.05, 0.1) is 5.60 Å². The predicted octanol–water partition coefficient (Wildman–Crippen LogP) is 1.94. The largest absolute Gasteiger partial charge is 0.375 e. The van der Waals surface area contributed by atoms with Crippen LogP contribution in [-0.4, -0.2) is 30.0 Å². The lowest BCUT2D eigenvalue weighted by Crippen LogP contribution is -2.47. The lowest BCUT2D eigenvalue weighted by Gasteiger charge is -2.36.